The fourth-order valence-corrected chi connectivity index (χ4v) is 3.19. The molecule has 1 fully saturated rings. The highest BCUT2D eigenvalue weighted by molar-refractivity contribution is 6.31. The first-order valence-corrected chi connectivity index (χ1v) is 8.31. The van der Waals surface area contributed by atoms with Crippen molar-refractivity contribution in [1.82, 2.24) is 10.9 Å². The Balaban J connectivity index is 1.75. The fraction of sp³-hybridized carbons (Fsp3) is 0.211. The predicted molar refractivity (Wildman–Crippen MR) is 97.9 cm³/mol. The Morgan fingerprint density at radius 3 is 2.58 bits per heavy atom. The number of halogens is 1. The van der Waals surface area contributed by atoms with Gasteiger partial charge in [0.15, 0.2) is 0 Å². The normalized spacial score (nSPS) is 19.9. The van der Waals surface area contributed by atoms with E-state index in [1.54, 1.807) is 11.0 Å². The minimum Gasteiger partial charge on any atom is -0.307 e. The molecule has 0 radical (unpaired) electrons. The Bertz CT molecular complexity index is 720. The molecule has 2 aromatic rings. The molecule has 0 spiro atoms. The molecule has 1 aliphatic heterocycles. The third kappa shape index (κ3) is 3.51. The van der Waals surface area contributed by atoms with E-state index in [0.717, 1.165) is 11.3 Å². The molecular weight excluding hydrogens is 322 g/mol. The molecule has 3 rings (SSSR count). The average Bonchev–Trinajstić information content (AvgIpc) is 3.10. The highest BCUT2D eigenvalue weighted by Crippen LogP contribution is 2.29. The largest absolute Gasteiger partial charge is 0.307 e. The molecule has 0 aromatic heterocycles. The second-order valence-corrected chi connectivity index (χ2v) is 6.13. The molecule has 1 amide bonds. The van der Waals surface area contributed by atoms with Crippen molar-refractivity contribution in [3.8, 4) is 0 Å². The van der Waals surface area contributed by atoms with Gasteiger partial charge < -0.3 is 4.90 Å². The number of benzene rings is 2. The number of hydrazine groups is 1. The Kier molecular flexibility index (Phi) is 5.30. The minimum atomic E-state index is -0.313. The zero-order chi connectivity index (χ0) is 16.9. The van der Waals surface area contributed by atoms with Gasteiger partial charge in [-0.05, 0) is 30.2 Å². The van der Waals surface area contributed by atoms with Gasteiger partial charge in [-0.25, -0.2) is 10.9 Å². The summed E-state index contributed by atoms with van der Waals surface area (Å²) in [5, 5.41) is 0.705. The Morgan fingerprint density at radius 1 is 1.17 bits per heavy atom. The fourth-order valence-electron chi connectivity index (χ4n) is 2.93. The molecule has 24 heavy (non-hydrogen) atoms. The number of nitrogens with zero attached hydrogens (tertiary/aromatic N) is 1. The van der Waals surface area contributed by atoms with Crippen molar-refractivity contribution < 1.29 is 4.79 Å². The number of anilines is 1. The SMILES string of the molecule is C=CCN(C(=O)C1CC(c2ccccc2Cl)NN1)c1ccccc1. The van der Waals surface area contributed by atoms with Gasteiger partial charge in [0.1, 0.15) is 6.04 Å². The van der Waals surface area contributed by atoms with E-state index in [-0.39, 0.29) is 18.0 Å². The van der Waals surface area contributed by atoms with Crippen LogP contribution in [0.2, 0.25) is 5.02 Å². The number of nitrogens with one attached hydrogen (secondary N) is 2. The maximum absolute atomic E-state index is 12.9. The van der Waals surface area contributed by atoms with E-state index in [0.29, 0.717) is 18.0 Å². The number of amides is 1. The van der Waals surface area contributed by atoms with Crippen molar-refractivity contribution in [2.24, 2.45) is 0 Å². The molecule has 0 bridgehead atoms. The van der Waals surface area contributed by atoms with Crippen molar-refractivity contribution in [3.05, 3.63) is 77.8 Å². The lowest BCUT2D eigenvalue weighted by molar-refractivity contribution is -0.120. The van der Waals surface area contributed by atoms with Gasteiger partial charge in [0.2, 0.25) is 5.91 Å². The molecule has 1 heterocycles. The summed E-state index contributed by atoms with van der Waals surface area (Å²) in [4.78, 5) is 14.7. The molecule has 2 unspecified atom stereocenters. The third-order valence-electron chi connectivity index (χ3n) is 4.13. The summed E-state index contributed by atoms with van der Waals surface area (Å²) >= 11 is 6.26. The first kappa shape index (κ1) is 16.7. The average molecular weight is 342 g/mol. The molecule has 124 valence electrons. The predicted octanol–water partition coefficient (Wildman–Crippen LogP) is 3.47. The zero-order valence-corrected chi connectivity index (χ0v) is 14.0. The number of hydrogen-bond acceptors (Lipinski definition) is 3. The summed E-state index contributed by atoms with van der Waals surface area (Å²) in [5.74, 6) is 0.0168. The first-order chi connectivity index (χ1) is 11.7. The lowest BCUT2D eigenvalue weighted by Gasteiger charge is -2.24. The van der Waals surface area contributed by atoms with Gasteiger partial charge in [0, 0.05) is 23.3 Å². The van der Waals surface area contributed by atoms with Crippen LogP contribution in [-0.2, 0) is 4.79 Å². The maximum Gasteiger partial charge on any atom is 0.245 e. The van der Waals surface area contributed by atoms with Crippen LogP contribution in [0.15, 0.2) is 67.3 Å². The van der Waals surface area contributed by atoms with Gasteiger partial charge in [-0.2, -0.15) is 0 Å². The van der Waals surface area contributed by atoms with E-state index in [2.05, 4.69) is 17.4 Å². The monoisotopic (exact) mass is 341 g/mol. The summed E-state index contributed by atoms with van der Waals surface area (Å²) in [6.07, 6.45) is 2.38. The van der Waals surface area contributed by atoms with Crippen LogP contribution in [-0.4, -0.2) is 18.5 Å². The van der Waals surface area contributed by atoms with E-state index >= 15 is 0 Å². The maximum atomic E-state index is 12.9. The molecule has 2 aromatic carbocycles. The summed E-state index contributed by atoms with van der Waals surface area (Å²) in [5.41, 5.74) is 8.16. The summed E-state index contributed by atoms with van der Waals surface area (Å²) in [7, 11) is 0. The standard InChI is InChI=1S/C19H20ClN3O/c1-2-12-23(14-8-4-3-5-9-14)19(24)18-13-17(21-22-18)15-10-6-7-11-16(15)20/h2-11,17-18,21-22H,1,12-13H2. The van der Waals surface area contributed by atoms with E-state index < -0.39 is 0 Å². The van der Waals surface area contributed by atoms with Crippen molar-refractivity contribution in [1.29, 1.82) is 0 Å². The second kappa shape index (κ2) is 7.62. The third-order valence-corrected chi connectivity index (χ3v) is 4.47. The number of carbonyl (C=O) groups is 1. The molecular formula is C19H20ClN3O. The quantitative estimate of drug-likeness (QED) is 0.818. The zero-order valence-electron chi connectivity index (χ0n) is 13.3. The van der Waals surface area contributed by atoms with Crippen molar-refractivity contribution in [2.45, 2.75) is 18.5 Å². The first-order valence-electron chi connectivity index (χ1n) is 7.93. The lowest BCUT2D eigenvalue weighted by atomic mass is 10.0. The smallest absolute Gasteiger partial charge is 0.245 e. The number of rotatable bonds is 5. The van der Waals surface area contributed by atoms with Crippen LogP contribution in [0.1, 0.15) is 18.0 Å². The Hall–Kier alpha value is -2.14. The second-order valence-electron chi connectivity index (χ2n) is 5.72. The molecule has 1 aliphatic rings. The summed E-state index contributed by atoms with van der Waals surface area (Å²) in [6.45, 7) is 4.23. The molecule has 0 saturated carbocycles. The van der Waals surface area contributed by atoms with Gasteiger partial charge in [-0.15, -0.1) is 6.58 Å². The number of para-hydroxylation sites is 1. The molecule has 2 atom stereocenters. The van der Waals surface area contributed by atoms with Gasteiger partial charge >= 0.3 is 0 Å². The Labute approximate surface area is 147 Å². The van der Waals surface area contributed by atoms with E-state index in [9.17, 15) is 4.79 Å². The van der Waals surface area contributed by atoms with Crippen molar-refractivity contribution >= 4 is 23.2 Å². The van der Waals surface area contributed by atoms with Crippen LogP contribution in [0.3, 0.4) is 0 Å². The highest BCUT2D eigenvalue weighted by Gasteiger charge is 2.33. The van der Waals surface area contributed by atoms with Crippen LogP contribution in [0, 0.1) is 0 Å². The molecule has 0 aliphatic carbocycles. The van der Waals surface area contributed by atoms with Crippen LogP contribution in [0.5, 0.6) is 0 Å². The Morgan fingerprint density at radius 2 is 1.88 bits per heavy atom. The summed E-state index contributed by atoms with van der Waals surface area (Å²) in [6, 6.07) is 17.0. The number of hydrogen-bond donors (Lipinski definition) is 2. The van der Waals surface area contributed by atoms with E-state index in [1.807, 2.05) is 54.6 Å². The molecule has 5 heteroatoms. The lowest BCUT2D eigenvalue weighted by Crippen LogP contribution is -2.45. The van der Waals surface area contributed by atoms with Crippen molar-refractivity contribution in [2.75, 3.05) is 11.4 Å². The minimum absolute atomic E-state index is 0.00834. The van der Waals surface area contributed by atoms with Gasteiger partial charge in [-0.1, -0.05) is 54.1 Å². The molecule has 2 N–H and O–H groups in total. The number of carbonyl (C=O) groups excluding carboxylic acids is 1. The van der Waals surface area contributed by atoms with Crippen LogP contribution < -0.4 is 15.8 Å². The van der Waals surface area contributed by atoms with Gasteiger partial charge in [-0.3, -0.25) is 4.79 Å². The highest BCUT2D eigenvalue weighted by atomic mass is 35.5. The molecule has 1 saturated heterocycles. The molecule has 4 nitrogen and oxygen atoms in total. The van der Waals surface area contributed by atoms with Crippen LogP contribution >= 0.6 is 11.6 Å². The van der Waals surface area contributed by atoms with Gasteiger partial charge in [0.25, 0.3) is 0 Å². The van der Waals surface area contributed by atoms with E-state index in [4.69, 9.17) is 11.6 Å². The topological polar surface area (TPSA) is 44.4 Å². The van der Waals surface area contributed by atoms with Crippen LogP contribution in [0.4, 0.5) is 5.69 Å². The van der Waals surface area contributed by atoms with E-state index in [1.165, 1.54) is 0 Å². The van der Waals surface area contributed by atoms with Gasteiger partial charge in [0.05, 0.1) is 0 Å². The summed E-state index contributed by atoms with van der Waals surface area (Å²) < 4.78 is 0. The van der Waals surface area contributed by atoms with Crippen molar-refractivity contribution in [3.63, 3.8) is 0 Å². The van der Waals surface area contributed by atoms with Crippen LogP contribution in [0.25, 0.3) is 0 Å².